The van der Waals surface area contributed by atoms with E-state index in [-0.39, 0.29) is 12.2 Å². The van der Waals surface area contributed by atoms with Gasteiger partial charge in [-0.2, -0.15) is 0 Å². The summed E-state index contributed by atoms with van der Waals surface area (Å²) < 4.78 is 9.04. The minimum atomic E-state index is -1.05. The van der Waals surface area contributed by atoms with Gasteiger partial charge in [0.2, 0.25) is 0 Å². The first-order valence-electron chi connectivity index (χ1n) is 6.01. The molecule has 5 heteroatoms. The van der Waals surface area contributed by atoms with E-state index in [1.54, 1.807) is 24.3 Å². The van der Waals surface area contributed by atoms with Gasteiger partial charge in [-0.3, -0.25) is 14.4 Å². The molecular weight excluding hydrogens is 260 g/mol. The van der Waals surface area contributed by atoms with E-state index < -0.39 is 17.9 Å². The zero-order valence-corrected chi connectivity index (χ0v) is 11.4. The summed E-state index contributed by atoms with van der Waals surface area (Å²) >= 11 is 0. The van der Waals surface area contributed by atoms with Crippen LogP contribution in [0.5, 0.6) is 0 Å². The quantitative estimate of drug-likeness (QED) is 0.343. The normalized spacial score (nSPS) is 10.6. The van der Waals surface area contributed by atoms with Gasteiger partial charge in [-0.15, -0.1) is 0 Å². The molecule has 0 fully saturated rings. The Morgan fingerprint density at radius 2 is 1.60 bits per heavy atom. The summed E-state index contributed by atoms with van der Waals surface area (Å²) in [6.45, 7) is 0. The highest BCUT2D eigenvalue weighted by Gasteiger charge is 2.27. The molecule has 0 atom stereocenters. The Morgan fingerprint density at radius 3 is 2.10 bits per heavy atom. The minimum absolute atomic E-state index is 0.0535. The average Bonchev–Trinajstić information content (AvgIpc) is 2.50. The van der Waals surface area contributed by atoms with E-state index in [9.17, 15) is 14.4 Å². The van der Waals surface area contributed by atoms with Crippen LogP contribution >= 0.6 is 0 Å². The first-order valence-corrected chi connectivity index (χ1v) is 6.01. The molecule has 1 aromatic rings. The van der Waals surface area contributed by atoms with Crippen molar-refractivity contribution in [2.75, 3.05) is 14.2 Å². The van der Waals surface area contributed by atoms with E-state index in [0.29, 0.717) is 5.56 Å². The highest BCUT2D eigenvalue weighted by atomic mass is 16.5. The maximum absolute atomic E-state index is 11.8. The van der Waals surface area contributed by atoms with Gasteiger partial charge in [-0.1, -0.05) is 36.4 Å². The van der Waals surface area contributed by atoms with Crippen LogP contribution in [-0.4, -0.2) is 31.9 Å². The summed E-state index contributed by atoms with van der Waals surface area (Å²) in [5.41, 5.74) is 0.538. The van der Waals surface area contributed by atoms with Crippen LogP contribution in [0.25, 0.3) is 0 Å². The van der Waals surface area contributed by atoms with Crippen molar-refractivity contribution in [2.24, 2.45) is 5.92 Å². The molecule has 0 radical (unpaired) electrons. The molecule has 0 spiro atoms. The number of hydrogen-bond acceptors (Lipinski definition) is 5. The molecule has 20 heavy (non-hydrogen) atoms. The van der Waals surface area contributed by atoms with Gasteiger partial charge in [0.15, 0.2) is 11.7 Å². The molecule has 1 aromatic carbocycles. The molecule has 0 N–H and O–H groups in total. The van der Waals surface area contributed by atoms with Crippen molar-refractivity contribution in [3.8, 4) is 0 Å². The number of carbonyl (C=O) groups excluding carboxylic acids is 3. The molecule has 1 rings (SSSR count). The van der Waals surface area contributed by atoms with Gasteiger partial charge in [0.05, 0.1) is 14.2 Å². The predicted octanol–water partition coefficient (Wildman–Crippen LogP) is 1.78. The molecule has 0 aliphatic heterocycles. The smallest absolute Gasteiger partial charge is 0.320 e. The van der Waals surface area contributed by atoms with Crippen molar-refractivity contribution in [3.63, 3.8) is 0 Å². The zero-order chi connectivity index (χ0) is 15.0. The fourth-order valence-electron chi connectivity index (χ4n) is 1.58. The van der Waals surface area contributed by atoms with Gasteiger partial charge < -0.3 is 9.47 Å². The van der Waals surface area contributed by atoms with E-state index in [2.05, 4.69) is 9.47 Å². The van der Waals surface area contributed by atoms with Crippen LogP contribution < -0.4 is 0 Å². The molecule has 0 bridgehead atoms. The fourth-order valence-corrected chi connectivity index (χ4v) is 1.58. The van der Waals surface area contributed by atoms with E-state index in [0.717, 1.165) is 0 Å². The molecule has 5 nitrogen and oxygen atoms in total. The Labute approximate surface area is 117 Å². The Bertz CT molecular complexity index is 488. The van der Waals surface area contributed by atoms with Crippen LogP contribution in [0.2, 0.25) is 0 Å². The van der Waals surface area contributed by atoms with Crippen molar-refractivity contribution >= 4 is 17.7 Å². The van der Waals surface area contributed by atoms with Crippen molar-refractivity contribution < 1.29 is 23.9 Å². The summed E-state index contributed by atoms with van der Waals surface area (Å²) in [4.78, 5) is 34.6. The van der Waals surface area contributed by atoms with E-state index >= 15 is 0 Å². The lowest BCUT2D eigenvalue weighted by Gasteiger charge is -2.09. The van der Waals surface area contributed by atoms with E-state index in [1.165, 1.54) is 26.4 Å². The highest BCUT2D eigenvalue weighted by molar-refractivity contribution is 6.04. The molecule has 106 valence electrons. The summed E-state index contributed by atoms with van der Waals surface area (Å²) in [5.74, 6) is -2.62. The maximum atomic E-state index is 11.8. The third-order valence-electron chi connectivity index (χ3n) is 2.67. The summed E-state index contributed by atoms with van der Waals surface area (Å²) in [5, 5.41) is 0. The number of methoxy groups -OCH3 is 2. The molecule has 0 unspecified atom stereocenters. The number of ketones is 1. The summed E-state index contributed by atoms with van der Waals surface area (Å²) in [7, 11) is 2.38. The van der Waals surface area contributed by atoms with Gasteiger partial charge in [-0.25, -0.2) is 0 Å². The van der Waals surface area contributed by atoms with Gasteiger partial charge >= 0.3 is 11.9 Å². The van der Waals surface area contributed by atoms with Gasteiger partial charge in [0, 0.05) is 5.56 Å². The number of rotatable bonds is 6. The van der Waals surface area contributed by atoms with Crippen LogP contribution in [0.1, 0.15) is 16.8 Å². The highest BCUT2D eigenvalue weighted by Crippen LogP contribution is 2.10. The monoisotopic (exact) mass is 276 g/mol. The van der Waals surface area contributed by atoms with Crippen molar-refractivity contribution in [1.82, 2.24) is 0 Å². The predicted molar refractivity (Wildman–Crippen MR) is 72.1 cm³/mol. The Balaban J connectivity index is 2.67. The second kappa shape index (κ2) is 7.89. The molecule has 0 saturated heterocycles. The van der Waals surface area contributed by atoms with E-state index in [4.69, 9.17) is 0 Å². The second-order valence-electron chi connectivity index (χ2n) is 3.97. The molecule has 0 aromatic heterocycles. The summed E-state index contributed by atoms with van der Waals surface area (Å²) in [6.07, 6.45) is 2.85. The number of esters is 2. The van der Waals surface area contributed by atoms with Crippen LogP contribution in [0.15, 0.2) is 42.5 Å². The number of hydrogen-bond donors (Lipinski definition) is 0. The van der Waals surface area contributed by atoms with E-state index in [1.807, 2.05) is 6.07 Å². The van der Waals surface area contributed by atoms with Gasteiger partial charge in [0.1, 0.15) is 0 Å². The van der Waals surface area contributed by atoms with Crippen molar-refractivity contribution in [3.05, 3.63) is 48.0 Å². The molecule has 0 aliphatic carbocycles. The number of carbonyl (C=O) groups is 3. The number of benzene rings is 1. The van der Waals surface area contributed by atoms with Crippen LogP contribution in [0.3, 0.4) is 0 Å². The molecule has 0 saturated carbocycles. The van der Waals surface area contributed by atoms with Crippen LogP contribution in [0, 0.1) is 5.92 Å². The average molecular weight is 276 g/mol. The topological polar surface area (TPSA) is 69.7 Å². The van der Waals surface area contributed by atoms with Gasteiger partial charge in [-0.05, 0) is 12.5 Å². The molecule has 0 heterocycles. The second-order valence-corrected chi connectivity index (χ2v) is 3.97. The first kappa shape index (κ1) is 15.6. The summed E-state index contributed by atoms with van der Waals surface area (Å²) in [6, 6.07) is 8.69. The third-order valence-corrected chi connectivity index (χ3v) is 2.67. The standard InChI is InChI=1S/C15H16O5/c1-19-14(17)12(15(18)20-2)9-6-10-13(16)11-7-4-3-5-8-11/h3-8,10,12H,9H2,1-2H3/b10-6+. The zero-order valence-electron chi connectivity index (χ0n) is 11.4. The Hall–Kier alpha value is -2.43. The molecular formula is C15H16O5. The van der Waals surface area contributed by atoms with Gasteiger partial charge in [0.25, 0.3) is 0 Å². The van der Waals surface area contributed by atoms with Crippen molar-refractivity contribution in [1.29, 1.82) is 0 Å². The largest absolute Gasteiger partial charge is 0.468 e. The van der Waals surface area contributed by atoms with Crippen molar-refractivity contribution in [2.45, 2.75) is 6.42 Å². The molecule has 0 amide bonds. The number of ether oxygens (including phenoxy) is 2. The first-order chi connectivity index (χ1) is 9.60. The lowest BCUT2D eigenvalue weighted by molar-refractivity contribution is -0.158. The van der Waals surface area contributed by atoms with Crippen LogP contribution in [0.4, 0.5) is 0 Å². The maximum Gasteiger partial charge on any atom is 0.320 e. The lowest BCUT2D eigenvalue weighted by atomic mass is 10.0. The Morgan fingerprint density at radius 1 is 1.05 bits per heavy atom. The SMILES string of the molecule is COC(=O)C(C/C=C/C(=O)c1ccccc1)C(=O)OC. The van der Waals surface area contributed by atoms with Crippen LogP contribution in [-0.2, 0) is 19.1 Å². The lowest BCUT2D eigenvalue weighted by Crippen LogP contribution is -2.25. The Kier molecular flexibility index (Phi) is 6.16. The third kappa shape index (κ3) is 4.35. The molecule has 0 aliphatic rings. The fraction of sp³-hybridized carbons (Fsp3) is 0.267. The minimum Gasteiger partial charge on any atom is -0.468 e. The number of allylic oxidation sites excluding steroid dienone is 2.